The summed E-state index contributed by atoms with van der Waals surface area (Å²) in [6.07, 6.45) is 22.4. The molecule has 0 spiro atoms. The number of hydrogen-bond acceptors (Lipinski definition) is 0. The lowest BCUT2D eigenvalue weighted by Gasteiger charge is -2.41. The molecule has 20 heavy (non-hydrogen) atoms. The Morgan fingerprint density at radius 1 is 0.950 bits per heavy atom. The topological polar surface area (TPSA) is 0 Å². The van der Waals surface area contributed by atoms with Crippen molar-refractivity contribution in [2.24, 2.45) is 40.9 Å². The number of allylic oxidation sites excluding steroid dienone is 2. The summed E-state index contributed by atoms with van der Waals surface area (Å²) in [5.74, 6) is 6.50. The van der Waals surface area contributed by atoms with Crippen LogP contribution < -0.4 is 0 Å². The van der Waals surface area contributed by atoms with Crippen LogP contribution in [0.5, 0.6) is 0 Å². The Balaban J connectivity index is 1.33. The van der Waals surface area contributed by atoms with Gasteiger partial charge in [-0.1, -0.05) is 44.3 Å². The third-order valence-electron chi connectivity index (χ3n) is 8.23. The fourth-order valence-corrected chi connectivity index (χ4v) is 7.56. The molecule has 0 N–H and O–H groups in total. The molecule has 4 saturated carbocycles. The van der Waals surface area contributed by atoms with Crippen LogP contribution in [0.4, 0.5) is 0 Å². The summed E-state index contributed by atoms with van der Waals surface area (Å²) in [6.45, 7) is 0. The van der Waals surface area contributed by atoms with Gasteiger partial charge in [0.15, 0.2) is 0 Å². The van der Waals surface area contributed by atoms with E-state index in [4.69, 9.17) is 0 Å². The lowest BCUT2D eigenvalue weighted by atomic mass is 9.63. The zero-order valence-electron chi connectivity index (χ0n) is 12.9. The molecule has 6 unspecified atom stereocenters. The zero-order chi connectivity index (χ0) is 13.2. The second-order valence-corrected chi connectivity index (χ2v) is 8.96. The Hall–Kier alpha value is -0.260. The van der Waals surface area contributed by atoms with Gasteiger partial charge in [0.25, 0.3) is 0 Å². The van der Waals surface area contributed by atoms with E-state index >= 15 is 0 Å². The van der Waals surface area contributed by atoms with E-state index in [0.717, 1.165) is 40.9 Å². The molecule has 0 amide bonds. The van der Waals surface area contributed by atoms with Crippen LogP contribution in [0.2, 0.25) is 0 Å². The Kier molecular flexibility index (Phi) is 2.69. The minimum Gasteiger partial charge on any atom is -0.0848 e. The van der Waals surface area contributed by atoms with Gasteiger partial charge < -0.3 is 0 Å². The molecule has 0 nitrogen and oxygen atoms in total. The highest BCUT2D eigenvalue weighted by molar-refractivity contribution is 5.23. The first kappa shape index (κ1) is 12.3. The van der Waals surface area contributed by atoms with E-state index in [2.05, 4.69) is 12.2 Å². The van der Waals surface area contributed by atoms with E-state index in [-0.39, 0.29) is 0 Å². The summed E-state index contributed by atoms with van der Waals surface area (Å²) in [6, 6.07) is 0. The Morgan fingerprint density at radius 2 is 1.80 bits per heavy atom. The van der Waals surface area contributed by atoms with Gasteiger partial charge in [-0.05, 0) is 79.4 Å². The quantitative estimate of drug-likeness (QED) is 0.463. The molecule has 5 aliphatic rings. The van der Waals surface area contributed by atoms with Crippen molar-refractivity contribution >= 4 is 0 Å². The molecule has 4 fully saturated rings. The smallest absolute Gasteiger partial charge is 0.0191 e. The van der Waals surface area contributed by atoms with Crippen LogP contribution in [-0.2, 0) is 0 Å². The minimum atomic E-state index is 0.816. The van der Waals surface area contributed by atoms with Crippen LogP contribution in [0.1, 0.15) is 70.6 Å². The van der Waals surface area contributed by atoms with Gasteiger partial charge in [-0.25, -0.2) is 0 Å². The molecule has 0 radical (unpaired) electrons. The number of fused-ring (bicyclic) bond motifs is 9. The fourth-order valence-electron chi connectivity index (χ4n) is 7.56. The van der Waals surface area contributed by atoms with Gasteiger partial charge >= 0.3 is 0 Å². The standard InChI is InChI=1S/C20H30/c1-2-4-14(5-3-1)8-10-20-11-9-17(13-20)18-15-6-7-16(12-15)19(18)20/h6-7,14-19H,1-5,8-13H2. The largest absolute Gasteiger partial charge is 0.0848 e. The van der Waals surface area contributed by atoms with E-state index < -0.39 is 0 Å². The van der Waals surface area contributed by atoms with Gasteiger partial charge in [-0.2, -0.15) is 0 Å². The van der Waals surface area contributed by atoms with Gasteiger partial charge in [0, 0.05) is 0 Å². The number of hydrogen-bond donors (Lipinski definition) is 0. The van der Waals surface area contributed by atoms with Crippen LogP contribution in [0.25, 0.3) is 0 Å². The molecule has 0 aromatic carbocycles. The molecule has 0 aromatic rings. The maximum atomic E-state index is 2.62. The molecule has 5 aliphatic carbocycles. The Labute approximate surface area is 124 Å². The first-order chi connectivity index (χ1) is 9.86. The van der Waals surface area contributed by atoms with Crippen molar-refractivity contribution in [3.63, 3.8) is 0 Å². The van der Waals surface area contributed by atoms with E-state index in [1.54, 1.807) is 44.9 Å². The predicted molar refractivity (Wildman–Crippen MR) is 83.3 cm³/mol. The van der Waals surface area contributed by atoms with Crippen LogP contribution >= 0.6 is 0 Å². The van der Waals surface area contributed by atoms with Gasteiger partial charge in [-0.15, -0.1) is 0 Å². The highest BCUT2D eigenvalue weighted by atomic mass is 14.7. The molecule has 6 atom stereocenters. The molecule has 0 saturated heterocycles. The molecule has 5 rings (SSSR count). The first-order valence-corrected chi connectivity index (χ1v) is 9.54. The van der Waals surface area contributed by atoms with Crippen molar-refractivity contribution in [1.82, 2.24) is 0 Å². The van der Waals surface area contributed by atoms with E-state index in [9.17, 15) is 0 Å². The molecular weight excluding hydrogens is 240 g/mol. The molecule has 0 aliphatic heterocycles. The third kappa shape index (κ3) is 1.60. The summed E-state index contributed by atoms with van der Waals surface area (Å²) in [7, 11) is 0. The normalized spacial score (nSPS) is 52.9. The van der Waals surface area contributed by atoms with Crippen LogP contribution in [-0.4, -0.2) is 0 Å². The van der Waals surface area contributed by atoms with Gasteiger partial charge in [-0.3, -0.25) is 0 Å². The van der Waals surface area contributed by atoms with Crippen LogP contribution in [0, 0.1) is 40.9 Å². The summed E-state index contributed by atoms with van der Waals surface area (Å²) in [5, 5.41) is 0. The van der Waals surface area contributed by atoms with E-state index in [1.807, 2.05) is 0 Å². The second kappa shape index (κ2) is 4.37. The highest BCUT2D eigenvalue weighted by Gasteiger charge is 2.64. The molecule has 0 aromatic heterocycles. The maximum Gasteiger partial charge on any atom is -0.0191 e. The Bertz CT molecular complexity index is 416. The average Bonchev–Trinajstić information content (AvgIpc) is 3.24. The van der Waals surface area contributed by atoms with Crippen molar-refractivity contribution in [2.45, 2.75) is 70.6 Å². The summed E-state index contributed by atoms with van der Waals surface area (Å²) < 4.78 is 0. The van der Waals surface area contributed by atoms with Crippen molar-refractivity contribution in [3.8, 4) is 0 Å². The molecular formula is C20H30. The van der Waals surface area contributed by atoms with Gasteiger partial charge in [0.1, 0.15) is 0 Å². The second-order valence-electron chi connectivity index (χ2n) is 8.96. The van der Waals surface area contributed by atoms with Crippen molar-refractivity contribution in [2.75, 3.05) is 0 Å². The van der Waals surface area contributed by atoms with Crippen LogP contribution in [0.3, 0.4) is 0 Å². The lowest BCUT2D eigenvalue weighted by Crippen LogP contribution is -2.34. The van der Waals surface area contributed by atoms with Crippen LogP contribution in [0.15, 0.2) is 12.2 Å². The highest BCUT2D eigenvalue weighted by Crippen LogP contribution is 2.72. The number of rotatable bonds is 3. The molecule has 0 heterocycles. The maximum absolute atomic E-state index is 2.62. The van der Waals surface area contributed by atoms with Gasteiger partial charge in [0.05, 0.1) is 0 Å². The SMILES string of the molecule is C1=CC2CC1C1C3CCC(CCC4CCCCC4)(C3)C21. The van der Waals surface area contributed by atoms with E-state index in [1.165, 1.54) is 25.7 Å². The Morgan fingerprint density at radius 3 is 2.70 bits per heavy atom. The van der Waals surface area contributed by atoms with Gasteiger partial charge in [0.2, 0.25) is 0 Å². The molecule has 0 heteroatoms. The summed E-state index contributed by atoms with van der Waals surface area (Å²) in [4.78, 5) is 0. The predicted octanol–water partition coefficient (Wildman–Crippen LogP) is 5.59. The molecule has 110 valence electrons. The molecule has 4 bridgehead atoms. The summed E-state index contributed by atoms with van der Waals surface area (Å²) in [5.41, 5.74) is 0.816. The van der Waals surface area contributed by atoms with Crippen molar-refractivity contribution in [1.29, 1.82) is 0 Å². The average molecular weight is 270 g/mol. The first-order valence-electron chi connectivity index (χ1n) is 9.54. The van der Waals surface area contributed by atoms with E-state index in [0.29, 0.717) is 0 Å². The van der Waals surface area contributed by atoms with Crippen molar-refractivity contribution in [3.05, 3.63) is 12.2 Å². The monoisotopic (exact) mass is 270 g/mol. The summed E-state index contributed by atoms with van der Waals surface area (Å²) >= 11 is 0. The third-order valence-corrected chi connectivity index (χ3v) is 8.23. The lowest BCUT2D eigenvalue weighted by molar-refractivity contribution is 0.0953. The van der Waals surface area contributed by atoms with Crippen molar-refractivity contribution < 1.29 is 0 Å². The zero-order valence-corrected chi connectivity index (χ0v) is 12.9. The fraction of sp³-hybridized carbons (Fsp3) is 0.900. The minimum absolute atomic E-state index is 0.816.